The molecule has 12 heavy (non-hydrogen) atoms. The van der Waals surface area contributed by atoms with E-state index in [9.17, 15) is 4.79 Å². The van der Waals surface area contributed by atoms with Crippen molar-refractivity contribution in [3.63, 3.8) is 0 Å². The second kappa shape index (κ2) is 2.75. The van der Waals surface area contributed by atoms with E-state index in [0.29, 0.717) is 12.5 Å². The van der Waals surface area contributed by atoms with Crippen LogP contribution in [-0.4, -0.2) is 4.98 Å². The molecule has 1 aliphatic rings. The Bertz CT molecular complexity index is 339. The molecule has 0 radical (unpaired) electrons. The predicted molar refractivity (Wildman–Crippen MR) is 46.9 cm³/mol. The van der Waals surface area contributed by atoms with Gasteiger partial charge < -0.3 is 10.7 Å². The zero-order valence-corrected chi connectivity index (χ0v) is 6.84. The van der Waals surface area contributed by atoms with Crippen molar-refractivity contribution >= 4 is 0 Å². The number of aromatic nitrogens is 1. The minimum Gasteiger partial charge on any atom is -0.326 e. The lowest BCUT2D eigenvalue weighted by molar-refractivity contribution is 0.922. The summed E-state index contributed by atoms with van der Waals surface area (Å²) in [4.78, 5) is 13.8. The van der Waals surface area contributed by atoms with Crippen molar-refractivity contribution < 1.29 is 0 Å². The van der Waals surface area contributed by atoms with E-state index in [4.69, 9.17) is 5.73 Å². The summed E-state index contributed by atoms with van der Waals surface area (Å²) < 4.78 is 0. The van der Waals surface area contributed by atoms with Crippen molar-refractivity contribution in [3.8, 4) is 0 Å². The summed E-state index contributed by atoms with van der Waals surface area (Å²) in [7, 11) is 0. The van der Waals surface area contributed by atoms with Crippen molar-refractivity contribution in [1.82, 2.24) is 4.98 Å². The van der Waals surface area contributed by atoms with Crippen LogP contribution < -0.4 is 11.3 Å². The minimum absolute atomic E-state index is 0.0194. The van der Waals surface area contributed by atoms with E-state index in [2.05, 4.69) is 4.98 Å². The average molecular weight is 164 g/mol. The maximum atomic E-state index is 11.0. The quantitative estimate of drug-likeness (QED) is 0.676. The molecule has 3 N–H and O–H groups in total. The number of hydrogen-bond acceptors (Lipinski definition) is 2. The third kappa shape index (κ3) is 1.28. The molecule has 1 aromatic rings. The summed E-state index contributed by atoms with van der Waals surface area (Å²) in [6.45, 7) is 0.516. The molecule has 0 saturated heterocycles. The maximum Gasteiger partial charge on any atom is 0.248 e. The molecule has 0 bridgehead atoms. The molecule has 1 aliphatic carbocycles. The lowest BCUT2D eigenvalue weighted by atomic mass is 10.1. The Morgan fingerprint density at radius 3 is 2.83 bits per heavy atom. The smallest absolute Gasteiger partial charge is 0.248 e. The number of nitrogens with two attached hydrogens (primary N) is 1. The Morgan fingerprint density at radius 1 is 1.50 bits per heavy atom. The largest absolute Gasteiger partial charge is 0.326 e. The average Bonchev–Trinajstić information content (AvgIpc) is 2.87. The first kappa shape index (κ1) is 7.55. The van der Waals surface area contributed by atoms with Gasteiger partial charge in [0.15, 0.2) is 0 Å². The van der Waals surface area contributed by atoms with E-state index in [1.54, 1.807) is 0 Å². The van der Waals surface area contributed by atoms with E-state index in [1.165, 1.54) is 18.9 Å². The van der Waals surface area contributed by atoms with E-state index in [1.807, 2.05) is 6.07 Å². The van der Waals surface area contributed by atoms with Crippen molar-refractivity contribution in [2.45, 2.75) is 25.3 Å². The van der Waals surface area contributed by atoms with Gasteiger partial charge in [0.2, 0.25) is 5.56 Å². The predicted octanol–water partition coefficient (Wildman–Crippen LogP) is 0.711. The lowest BCUT2D eigenvalue weighted by Crippen LogP contribution is -2.11. The Labute approximate surface area is 70.6 Å². The van der Waals surface area contributed by atoms with Crippen LogP contribution in [0.3, 0.4) is 0 Å². The summed E-state index contributed by atoms with van der Waals surface area (Å²) >= 11 is 0. The molecule has 1 aromatic heterocycles. The third-order valence-electron chi connectivity index (χ3n) is 2.25. The molecule has 1 fully saturated rings. The van der Waals surface area contributed by atoms with Gasteiger partial charge in [-0.25, -0.2) is 0 Å². The number of hydrogen-bond donors (Lipinski definition) is 2. The first-order chi connectivity index (χ1) is 5.81. The second-order valence-corrected chi connectivity index (χ2v) is 3.24. The van der Waals surface area contributed by atoms with Crippen LogP contribution in [-0.2, 0) is 6.54 Å². The van der Waals surface area contributed by atoms with Crippen LogP contribution in [0, 0.1) is 0 Å². The summed E-state index contributed by atoms with van der Waals surface area (Å²) in [5, 5.41) is 0. The number of pyridine rings is 1. The molecule has 0 amide bonds. The van der Waals surface area contributed by atoms with E-state index in [-0.39, 0.29) is 5.56 Å². The fourth-order valence-electron chi connectivity index (χ4n) is 1.43. The standard InChI is InChI=1S/C9H12N2O/c10-5-7-3-4-8(12)11-9(7)6-1-2-6/h3-4,6H,1-2,5,10H2,(H,11,12). The van der Waals surface area contributed by atoms with Crippen LogP contribution in [0.25, 0.3) is 0 Å². The molecular formula is C9H12N2O. The molecule has 3 heteroatoms. The van der Waals surface area contributed by atoms with Crippen molar-refractivity contribution in [2.24, 2.45) is 5.73 Å². The molecular weight excluding hydrogens is 152 g/mol. The normalized spacial score (nSPS) is 16.4. The Morgan fingerprint density at radius 2 is 2.25 bits per heavy atom. The zero-order chi connectivity index (χ0) is 8.55. The van der Waals surface area contributed by atoms with Crippen LogP contribution in [0.4, 0.5) is 0 Å². The van der Waals surface area contributed by atoms with Gasteiger partial charge in [0.05, 0.1) is 0 Å². The number of rotatable bonds is 2. The Kier molecular flexibility index (Phi) is 1.73. The Hall–Kier alpha value is -1.09. The zero-order valence-electron chi connectivity index (χ0n) is 6.84. The van der Waals surface area contributed by atoms with Gasteiger partial charge >= 0.3 is 0 Å². The third-order valence-corrected chi connectivity index (χ3v) is 2.25. The summed E-state index contributed by atoms with van der Waals surface area (Å²) in [5.41, 5.74) is 7.67. The monoisotopic (exact) mass is 164 g/mol. The highest BCUT2D eigenvalue weighted by atomic mass is 16.1. The van der Waals surface area contributed by atoms with Gasteiger partial charge in [-0.15, -0.1) is 0 Å². The molecule has 0 unspecified atom stereocenters. The first-order valence-corrected chi connectivity index (χ1v) is 4.23. The van der Waals surface area contributed by atoms with Gasteiger partial charge in [-0.2, -0.15) is 0 Å². The van der Waals surface area contributed by atoms with Gasteiger partial charge in [0, 0.05) is 18.3 Å². The number of aromatic amines is 1. The van der Waals surface area contributed by atoms with E-state index < -0.39 is 0 Å². The minimum atomic E-state index is -0.0194. The molecule has 0 spiro atoms. The van der Waals surface area contributed by atoms with Gasteiger partial charge in [0.25, 0.3) is 0 Å². The van der Waals surface area contributed by atoms with Crippen LogP contribution in [0.15, 0.2) is 16.9 Å². The van der Waals surface area contributed by atoms with Gasteiger partial charge in [0.1, 0.15) is 0 Å². The van der Waals surface area contributed by atoms with Crippen molar-refractivity contribution in [1.29, 1.82) is 0 Å². The lowest BCUT2D eigenvalue weighted by Gasteiger charge is -2.04. The molecule has 3 nitrogen and oxygen atoms in total. The first-order valence-electron chi connectivity index (χ1n) is 4.23. The van der Waals surface area contributed by atoms with Crippen LogP contribution in [0.2, 0.25) is 0 Å². The second-order valence-electron chi connectivity index (χ2n) is 3.24. The van der Waals surface area contributed by atoms with Crippen LogP contribution in [0.1, 0.15) is 30.0 Å². The van der Waals surface area contributed by atoms with Crippen molar-refractivity contribution in [3.05, 3.63) is 33.7 Å². The number of H-pyrrole nitrogens is 1. The van der Waals surface area contributed by atoms with Crippen LogP contribution in [0.5, 0.6) is 0 Å². The summed E-state index contributed by atoms with van der Waals surface area (Å²) in [6.07, 6.45) is 2.37. The molecule has 1 saturated carbocycles. The fraction of sp³-hybridized carbons (Fsp3) is 0.444. The maximum absolute atomic E-state index is 11.0. The molecule has 0 aromatic carbocycles. The van der Waals surface area contributed by atoms with Crippen LogP contribution >= 0.6 is 0 Å². The highest BCUT2D eigenvalue weighted by Gasteiger charge is 2.26. The molecule has 0 atom stereocenters. The molecule has 2 rings (SSSR count). The van der Waals surface area contributed by atoms with Crippen molar-refractivity contribution in [2.75, 3.05) is 0 Å². The Balaban J connectivity index is 2.46. The molecule has 0 aliphatic heterocycles. The topological polar surface area (TPSA) is 58.9 Å². The highest BCUT2D eigenvalue weighted by Crippen LogP contribution is 2.39. The SMILES string of the molecule is NCc1ccc(=O)[nH]c1C1CC1. The number of nitrogens with one attached hydrogen (secondary N) is 1. The molecule has 1 heterocycles. The molecule has 64 valence electrons. The highest BCUT2D eigenvalue weighted by molar-refractivity contribution is 5.26. The van der Waals surface area contributed by atoms with E-state index >= 15 is 0 Å². The summed E-state index contributed by atoms with van der Waals surface area (Å²) in [6, 6.07) is 3.36. The fourth-order valence-corrected chi connectivity index (χ4v) is 1.43. The van der Waals surface area contributed by atoms with Gasteiger partial charge in [-0.05, 0) is 24.3 Å². The van der Waals surface area contributed by atoms with E-state index in [0.717, 1.165) is 11.3 Å². The van der Waals surface area contributed by atoms with Gasteiger partial charge in [-0.3, -0.25) is 4.79 Å². The van der Waals surface area contributed by atoms with Gasteiger partial charge in [-0.1, -0.05) is 6.07 Å². The summed E-state index contributed by atoms with van der Waals surface area (Å²) in [5.74, 6) is 0.567.